The molecule has 0 bridgehead atoms. The van der Waals surface area contributed by atoms with Crippen LogP contribution in [0.2, 0.25) is 0 Å². The summed E-state index contributed by atoms with van der Waals surface area (Å²) in [6.07, 6.45) is 1.71. The van der Waals surface area contributed by atoms with Crippen LogP contribution >= 0.6 is 0 Å². The SMILES string of the molecule is CCCC(C)C(=O)Nc1cccc(S(=O)(=O)N(C)c2ccccc2)c1. The van der Waals surface area contributed by atoms with E-state index in [4.69, 9.17) is 0 Å². The number of hydrogen-bond donors (Lipinski definition) is 1. The Morgan fingerprint density at radius 3 is 2.44 bits per heavy atom. The fourth-order valence-corrected chi connectivity index (χ4v) is 3.74. The van der Waals surface area contributed by atoms with Crippen LogP contribution < -0.4 is 9.62 Å². The number of para-hydroxylation sites is 1. The molecule has 0 saturated carbocycles. The van der Waals surface area contributed by atoms with Gasteiger partial charge in [-0.1, -0.05) is 44.5 Å². The summed E-state index contributed by atoms with van der Waals surface area (Å²) in [4.78, 5) is 12.3. The number of benzene rings is 2. The van der Waals surface area contributed by atoms with Crippen molar-refractivity contribution in [1.82, 2.24) is 0 Å². The molecule has 0 saturated heterocycles. The van der Waals surface area contributed by atoms with Crippen LogP contribution in [0.4, 0.5) is 11.4 Å². The molecular formula is C19H24N2O3S. The Morgan fingerprint density at radius 1 is 1.12 bits per heavy atom. The molecule has 0 aromatic heterocycles. The summed E-state index contributed by atoms with van der Waals surface area (Å²) in [6, 6.07) is 15.2. The minimum Gasteiger partial charge on any atom is -0.326 e. The van der Waals surface area contributed by atoms with Gasteiger partial charge in [-0.15, -0.1) is 0 Å². The minimum atomic E-state index is -3.70. The first-order valence-corrected chi connectivity index (χ1v) is 9.75. The van der Waals surface area contributed by atoms with Crippen molar-refractivity contribution < 1.29 is 13.2 Å². The van der Waals surface area contributed by atoms with Crippen molar-refractivity contribution in [2.75, 3.05) is 16.7 Å². The van der Waals surface area contributed by atoms with Gasteiger partial charge in [-0.05, 0) is 36.8 Å². The Kier molecular flexibility index (Phi) is 6.20. The number of carbonyl (C=O) groups is 1. The highest BCUT2D eigenvalue weighted by molar-refractivity contribution is 7.92. The van der Waals surface area contributed by atoms with Gasteiger partial charge in [0, 0.05) is 18.7 Å². The number of sulfonamides is 1. The van der Waals surface area contributed by atoms with E-state index >= 15 is 0 Å². The third kappa shape index (κ3) is 4.60. The smallest absolute Gasteiger partial charge is 0.264 e. The molecule has 1 N–H and O–H groups in total. The van der Waals surface area contributed by atoms with Crippen LogP contribution in [0, 0.1) is 5.92 Å². The molecule has 0 heterocycles. The highest BCUT2D eigenvalue weighted by atomic mass is 32.2. The summed E-state index contributed by atoms with van der Waals surface area (Å²) in [5.41, 5.74) is 1.06. The van der Waals surface area contributed by atoms with Gasteiger partial charge in [0.25, 0.3) is 10.0 Å². The first-order valence-electron chi connectivity index (χ1n) is 8.31. The summed E-state index contributed by atoms with van der Waals surface area (Å²) < 4.78 is 26.9. The van der Waals surface area contributed by atoms with Gasteiger partial charge in [-0.3, -0.25) is 9.10 Å². The van der Waals surface area contributed by atoms with Gasteiger partial charge in [0.05, 0.1) is 10.6 Å². The van der Waals surface area contributed by atoms with Crippen LogP contribution in [0.1, 0.15) is 26.7 Å². The number of hydrogen-bond acceptors (Lipinski definition) is 3. The van der Waals surface area contributed by atoms with Gasteiger partial charge in [-0.2, -0.15) is 0 Å². The Bertz CT molecular complexity index is 820. The lowest BCUT2D eigenvalue weighted by molar-refractivity contribution is -0.119. The van der Waals surface area contributed by atoms with Gasteiger partial charge in [0.15, 0.2) is 0 Å². The Balaban J connectivity index is 2.24. The molecule has 134 valence electrons. The van der Waals surface area contributed by atoms with E-state index in [1.807, 2.05) is 19.9 Å². The Hall–Kier alpha value is -2.34. The lowest BCUT2D eigenvalue weighted by Crippen LogP contribution is -2.26. The summed E-state index contributed by atoms with van der Waals surface area (Å²) in [5.74, 6) is -0.218. The molecule has 2 aromatic carbocycles. The van der Waals surface area contributed by atoms with E-state index < -0.39 is 10.0 Å². The van der Waals surface area contributed by atoms with Gasteiger partial charge >= 0.3 is 0 Å². The maximum atomic E-state index is 12.8. The minimum absolute atomic E-state index is 0.104. The highest BCUT2D eigenvalue weighted by Crippen LogP contribution is 2.24. The average Bonchev–Trinajstić information content (AvgIpc) is 2.62. The molecular weight excluding hydrogens is 336 g/mol. The summed E-state index contributed by atoms with van der Waals surface area (Å²) in [7, 11) is -2.19. The predicted molar refractivity (Wildman–Crippen MR) is 101 cm³/mol. The zero-order valence-electron chi connectivity index (χ0n) is 14.8. The van der Waals surface area contributed by atoms with Crippen LogP contribution in [0.25, 0.3) is 0 Å². The van der Waals surface area contributed by atoms with Crippen molar-refractivity contribution in [2.45, 2.75) is 31.6 Å². The zero-order chi connectivity index (χ0) is 18.4. The normalized spacial score (nSPS) is 12.4. The highest BCUT2D eigenvalue weighted by Gasteiger charge is 2.22. The molecule has 1 amide bonds. The largest absolute Gasteiger partial charge is 0.326 e. The summed E-state index contributed by atoms with van der Waals surface area (Å²) >= 11 is 0. The van der Waals surface area contributed by atoms with Crippen molar-refractivity contribution in [2.24, 2.45) is 5.92 Å². The summed E-state index contributed by atoms with van der Waals surface area (Å²) in [5, 5.41) is 2.80. The molecule has 0 aliphatic heterocycles. The Morgan fingerprint density at radius 2 is 1.80 bits per heavy atom. The topological polar surface area (TPSA) is 66.5 Å². The quantitative estimate of drug-likeness (QED) is 0.815. The maximum absolute atomic E-state index is 12.8. The van der Waals surface area contributed by atoms with E-state index in [1.54, 1.807) is 36.4 Å². The molecule has 0 radical (unpaired) electrons. The van der Waals surface area contributed by atoms with Crippen molar-refractivity contribution in [1.29, 1.82) is 0 Å². The average molecular weight is 360 g/mol. The van der Waals surface area contributed by atoms with Crippen molar-refractivity contribution >= 4 is 27.3 Å². The molecule has 0 aliphatic rings. The van der Waals surface area contributed by atoms with E-state index in [2.05, 4.69) is 5.32 Å². The second-order valence-electron chi connectivity index (χ2n) is 6.01. The van der Waals surface area contributed by atoms with E-state index in [0.717, 1.165) is 12.8 Å². The number of nitrogens with zero attached hydrogens (tertiary/aromatic N) is 1. The summed E-state index contributed by atoms with van der Waals surface area (Å²) in [6.45, 7) is 3.89. The number of anilines is 2. The molecule has 5 nitrogen and oxygen atoms in total. The van der Waals surface area contributed by atoms with Gasteiger partial charge in [-0.25, -0.2) is 8.42 Å². The molecule has 2 aromatic rings. The first-order chi connectivity index (χ1) is 11.9. The van der Waals surface area contributed by atoms with Crippen LogP contribution in [-0.4, -0.2) is 21.4 Å². The molecule has 0 spiro atoms. The fourth-order valence-electron chi connectivity index (χ4n) is 2.50. The van der Waals surface area contributed by atoms with Crippen molar-refractivity contribution in [3.8, 4) is 0 Å². The van der Waals surface area contributed by atoms with Gasteiger partial charge < -0.3 is 5.32 Å². The van der Waals surface area contributed by atoms with E-state index in [-0.39, 0.29) is 16.7 Å². The van der Waals surface area contributed by atoms with Crippen molar-refractivity contribution in [3.63, 3.8) is 0 Å². The molecule has 1 unspecified atom stereocenters. The lowest BCUT2D eigenvalue weighted by Gasteiger charge is -2.20. The van der Waals surface area contributed by atoms with E-state index in [0.29, 0.717) is 11.4 Å². The van der Waals surface area contributed by atoms with Gasteiger partial charge in [0.1, 0.15) is 0 Å². The molecule has 2 rings (SSSR count). The van der Waals surface area contributed by atoms with Crippen LogP contribution in [0.5, 0.6) is 0 Å². The number of amides is 1. The standard InChI is InChI=1S/C19H24N2O3S/c1-4-9-15(2)19(22)20-16-10-8-13-18(14-16)25(23,24)21(3)17-11-6-5-7-12-17/h5-8,10-15H,4,9H2,1-3H3,(H,20,22). The molecule has 0 fully saturated rings. The number of carbonyl (C=O) groups excluding carboxylic acids is 1. The van der Waals surface area contributed by atoms with Crippen LogP contribution in [-0.2, 0) is 14.8 Å². The third-order valence-corrected chi connectivity index (χ3v) is 5.83. The predicted octanol–water partition coefficient (Wildman–Crippen LogP) is 3.89. The maximum Gasteiger partial charge on any atom is 0.264 e. The second-order valence-corrected chi connectivity index (χ2v) is 7.98. The third-order valence-electron chi connectivity index (χ3n) is 4.05. The molecule has 0 aliphatic carbocycles. The number of nitrogens with one attached hydrogen (secondary N) is 1. The van der Waals surface area contributed by atoms with E-state index in [1.165, 1.54) is 23.5 Å². The second kappa shape index (κ2) is 8.16. The van der Waals surface area contributed by atoms with Crippen LogP contribution in [0.15, 0.2) is 59.5 Å². The van der Waals surface area contributed by atoms with Crippen LogP contribution in [0.3, 0.4) is 0 Å². The number of rotatable bonds is 7. The monoisotopic (exact) mass is 360 g/mol. The molecule has 1 atom stereocenters. The zero-order valence-corrected chi connectivity index (χ0v) is 15.6. The molecule has 25 heavy (non-hydrogen) atoms. The van der Waals surface area contributed by atoms with E-state index in [9.17, 15) is 13.2 Å². The Labute approximate surface area is 149 Å². The first kappa shape index (κ1) is 19.0. The molecule has 6 heteroatoms. The fraction of sp³-hybridized carbons (Fsp3) is 0.316. The van der Waals surface area contributed by atoms with Crippen molar-refractivity contribution in [3.05, 3.63) is 54.6 Å². The van der Waals surface area contributed by atoms with Gasteiger partial charge in [0.2, 0.25) is 5.91 Å². The lowest BCUT2D eigenvalue weighted by atomic mass is 10.1.